The molecule has 12 heteroatoms. The number of pyridine rings is 1. The Morgan fingerprint density at radius 2 is 1.61 bits per heavy atom. The maximum Gasteiger partial charge on any atom is 0.408 e. The van der Waals surface area contributed by atoms with Crippen molar-refractivity contribution in [2.24, 2.45) is 11.8 Å². The molecular weight excluding hydrogens is 747 g/mol. The molecule has 4 aliphatic heterocycles. The highest BCUT2D eigenvalue weighted by Crippen LogP contribution is 2.32. The summed E-state index contributed by atoms with van der Waals surface area (Å²) in [6.45, 7) is 5.77. The van der Waals surface area contributed by atoms with Crippen molar-refractivity contribution < 1.29 is 29.3 Å². The summed E-state index contributed by atoms with van der Waals surface area (Å²) in [7, 11) is 0. The van der Waals surface area contributed by atoms with Crippen molar-refractivity contribution in [2.45, 2.75) is 50.4 Å². The van der Waals surface area contributed by atoms with Gasteiger partial charge in [-0.05, 0) is 122 Å². The fourth-order valence-electron chi connectivity index (χ4n) is 8.77. The molecule has 5 heterocycles. The van der Waals surface area contributed by atoms with Gasteiger partial charge in [-0.1, -0.05) is 60.7 Å². The summed E-state index contributed by atoms with van der Waals surface area (Å²) < 4.78 is 12.3. The maximum atomic E-state index is 13.4. The average Bonchev–Trinajstić information content (AvgIpc) is 3.27. The monoisotopic (exact) mass is 799 g/mol. The third-order valence-corrected chi connectivity index (χ3v) is 12.2. The van der Waals surface area contributed by atoms with E-state index < -0.39 is 12.2 Å². The Bertz CT molecular complexity index is 2270. The second-order valence-electron chi connectivity index (χ2n) is 16.1. The number of carbonyl (C=O) groups excluding carboxylic acids is 2. The van der Waals surface area contributed by atoms with E-state index in [1.165, 1.54) is 12.1 Å². The van der Waals surface area contributed by atoms with E-state index >= 15 is 0 Å². The van der Waals surface area contributed by atoms with E-state index in [0.717, 1.165) is 74.2 Å². The van der Waals surface area contributed by atoms with Gasteiger partial charge in [0.1, 0.15) is 17.6 Å². The van der Waals surface area contributed by atoms with Crippen molar-refractivity contribution in [3.8, 4) is 11.5 Å². The Hall–Kier alpha value is -5.69. The SMILES string of the molecule is O=C(N[C@@H](c1ccccc1)c1cccc(OCC2CCN(C(=O)c3ccc(CCNC[C@H](O)c4ccc(O)c5[nH]c(=O)ccc45)cc3)CC2)c1)O[C@H]1CN2CCC1CC2. The van der Waals surface area contributed by atoms with E-state index in [1.807, 2.05) is 83.8 Å². The molecule has 59 heavy (non-hydrogen) atoms. The predicted molar refractivity (Wildman–Crippen MR) is 226 cm³/mol. The first-order valence-electron chi connectivity index (χ1n) is 20.9. The molecule has 1 aromatic heterocycles. The van der Waals surface area contributed by atoms with Crippen molar-refractivity contribution in [1.29, 1.82) is 0 Å². The summed E-state index contributed by atoms with van der Waals surface area (Å²) in [6, 6.07) is 31.3. The fraction of sp³-hybridized carbons (Fsp3) is 0.383. The van der Waals surface area contributed by atoms with Crippen LogP contribution >= 0.6 is 0 Å². The molecule has 9 rings (SSSR count). The lowest BCUT2D eigenvalue weighted by Crippen LogP contribution is -2.52. The van der Waals surface area contributed by atoms with E-state index in [2.05, 4.69) is 20.5 Å². The van der Waals surface area contributed by atoms with Crippen LogP contribution in [0.5, 0.6) is 11.5 Å². The number of phenols is 1. The number of nitrogens with one attached hydrogen (secondary N) is 3. The molecule has 0 radical (unpaired) electrons. The van der Waals surface area contributed by atoms with E-state index in [9.17, 15) is 24.6 Å². The van der Waals surface area contributed by atoms with E-state index in [1.54, 1.807) is 12.1 Å². The minimum absolute atomic E-state index is 0.0267. The number of aromatic hydroxyl groups is 1. The highest BCUT2D eigenvalue weighted by molar-refractivity contribution is 5.94. The molecule has 2 bridgehead atoms. The van der Waals surface area contributed by atoms with Crippen LogP contribution in [-0.4, -0.2) is 95.5 Å². The van der Waals surface area contributed by atoms with Gasteiger partial charge in [0, 0.05) is 43.2 Å². The first-order valence-corrected chi connectivity index (χ1v) is 20.9. The first-order chi connectivity index (χ1) is 28.8. The Kier molecular flexibility index (Phi) is 12.6. The van der Waals surface area contributed by atoms with Crippen LogP contribution in [-0.2, 0) is 11.2 Å². The van der Waals surface area contributed by atoms with Crippen LogP contribution in [0.3, 0.4) is 0 Å². The number of alkyl carbamates (subject to hydrolysis) is 1. The second kappa shape index (κ2) is 18.5. The Morgan fingerprint density at radius 1 is 0.847 bits per heavy atom. The molecule has 4 aliphatic rings. The van der Waals surface area contributed by atoms with Crippen LogP contribution in [0.4, 0.5) is 4.79 Å². The van der Waals surface area contributed by atoms with Gasteiger partial charge in [0.25, 0.3) is 5.91 Å². The summed E-state index contributed by atoms with van der Waals surface area (Å²) in [5, 5.41) is 28.0. The Morgan fingerprint density at radius 3 is 2.36 bits per heavy atom. The Labute approximate surface area is 344 Å². The molecule has 2 amide bonds. The lowest BCUT2D eigenvalue weighted by atomic mass is 9.86. The zero-order valence-corrected chi connectivity index (χ0v) is 33.2. The van der Waals surface area contributed by atoms with Crippen molar-refractivity contribution in [1.82, 2.24) is 25.4 Å². The molecule has 0 unspecified atom stereocenters. The van der Waals surface area contributed by atoms with Gasteiger partial charge in [0.2, 0.25) is 5.56 Å². The topological polar surface area (TPSA) is 156 Å². The average molecular weight is 800 g/mol. The van der Waals surface area contributed by atoms with Crippen molar-refractivity contribution in [3.63, 3.8) is 0 Å². The minimum atomic E-state index is -0.829. The van der Waals surface area contributed by atoms with E-state index in [4.69, 9.17) is 9.47 Å². The van der Waals surface area contributed by atoms with Crippen molar-refractivity contribution in [3.05, 3.63) is 141 Å². The number of benzene rings is 4. The quantitative estimate of drug-likeness (QED) is 0.0859. The lowest BCUT2D eigenvalue weighted by molar-refractivity contribution is -0.0336. The maximum absolute atomic E-state index is 13.4. The normalized spacial score (nSPS) is 20.2. The highest BCUT2D eigenvalue weighted by atomic mass is 16.6. The van der Waals surface area contributed by atoms with Crippen LogP contribution in [0.25, 0.3) is 10.9 Å². The Balaban J connectivity index is 0.784. The molecule has 0 spiro atoms. The van der Waals surface area contributed by atoms with Gasteiger partial charge in [0.05, 0.1) is 24.3 Å². The number of fused-ring (bicyclic) bond motifs is 4. The summed E-state index contributed by atoms with van der Waals surface area (Å²) in [5.41, 5.74) is 4.23. The van der Waals surface area contributed by atoms with Gasteiger partial charge in [-0.3, -0.25) is 14.5 Å². The molecule has 0 aliphatic carbocycles. The number of aliphatic hydroxyl groups is 1. The number of phenolic OH excluding ortho intramolecular Hbond substituents is 1. The second-order valence-corrected chi connectivity index (χ2v) is 16.1. The number of aromatic nitrogens is 1. The molecular formula is C47H53N5O7. The van der Waals surface area contributed by atoms with Crippen molar-refractivity contribution in [2.75, 3.05) is 52.4 Å². The van der Waals surface area contributed by atoms with Crippen LogP contribution in [0.2, 0.25) is 0 Å². The minimum Gasteiger partial charge on any atom is -0.506 e. The number of H-pyrrole nitrogens is 1. The lowest BCUT2D eigenvalue weighted by Gasteiger charge is -2.43. The number of hydrogen-bond acceptors (Lipinski definition) is 9. The van der Waals surface area contributed by atoms with Gasteiger partial charge < -0.3 is 40.2 Å². The summed E-state index contributed by atoms with van der Waals surface area (Å²) >= 11 is 0. The van der Waals surface area contributed by atoms with Gasteiger partial charge >= 0.3 is 6.09 Å². The molecule has 3 atom stereocenters. The van der Waals surface area contributed by atoms with Crippen LogP contribution in [0.1, 0.15) is 70.4 Å². The predicted octanol–water partition coefficient (Wildman–Crippen LogP) is 5.94. The molecule has 12 nitrogen and oxygen atoms in total. The number of hydrogen-bond donors (Lipinski definition) is 5. The number of aliphatic hydroxyl groups excluding tert-OH is 1. The number of likely N-dealkylation sites (tertiary alicyclic amines) is 1. The third kappa shape index (κ3) is 9.79. The van der Waals surface area contributed by atoms with Crippen LogP contribution in [0, 0.1) is 11.8 Å². The van der Waals surface area contributed by atoms with Crippen LogP contribution < -0.4 is 20.9 Å². The molecule has 5 N–H and O–H groups in total. The fourth-order valence-corrected chi connectivity index (χ4v) is 8.77. The van der Waals surface area contributed by atoms with Gasteiger partial charge in [0.15, 0.2) is 0 Å². The highest BCUT2D eigenvalue weighted by Gasteiger charge is 2.37. The number of rotatable bonds is 14. The van der Waals surface area contributed by atoms with Gasteiger partial charge in [-0.2, -0.15) is 0 Å². The van der Waals surface area contributed by atoms with Crippen molar-refractivity contribution >= 4 is 22.9 Å². The smallest absolute Gasteiger partial charge is 0.408 e. The molecule has 4 fully saturated rings. The number of nitrogens with zero attached hydrogens (tertiary/aromatic N) is 2. The zero-order valence-electron chi connectivity index (χ0n) is 33.2. The first kappa shape index (κ1) is 40.1. The number of ether oxygens (including phenoxy) is 2. The molecule has 4 aromatic carbocycles. The standard InChI is InChI=1S/C47H53N5O7/c53-40-15-13-38(39-14-16-43(55)49-45(39)40)41(54)28-48-22-17-31-9-11-35(12-10-31)46(56)52-25-18-32(19-26-52)30-58-37-8-4-7-36(27-37)44(34-5-2-1-3-6-34)50-47(57)59-42-29-51-23-20-33(42)21-24-51/h1-16,27,32-33,41-42,44,48,53-54H,17-26,28-30H2,(H,49,55)(H,50,57)/t41-,42-,44-/m0/s1. The summed E-state index contributed by atoms with van der Waals surface area (Å²) in [4.78, 5) is 45.3. The summed E-state index contributed by atoms with van der Waals surface area (Å²) in [5.74, 6) is 1.47. The zero-order chi connectivity index (χ0) is 40.7. The third-order valence-electron chi connectivity index (χ3n) is 12.2. The molecule has 0 saturated carbocycles. The van der Waals surface area contributed by atoms with E-state index in [-0.39, 0.29) is 29.4 Å². The number of piperidine rings is 4. The van der Waals surface area contributed by atoms with Gasteiger partial charge in [-0.25, -0.2) is 4.79 Å². The van der Waals surface area contributed by atoms with Gasteiger partial charge in [-0.15, -0.1) is 0 Å². The van der Waals surface area contributed by atoms with E-state index in [0.29, 0.717) is 66.7 Å². The molecule has 4 saturated heterocycles. The number of amides is 2. The molecule has 308 valence electrons. The number of aromatic amines is 1. The molecule has 5 aromatic rings. The van der Waals surface area contributed by atoms with Crippen LogP contribution in [0.15, 0.2) is 108 Å². The number of carbonyl (C=O) groups is 2. The summed E-state index contributed by atoms with van der Waals surface area (Å²) in [6.07, 6.45) is 3.26. The largest absolute Gasteiger partial charge is 0.506 e.